The Kier molecular flexibility index (Phi) is 4.95. The van der Waals surface area contributed by atoms with Gasteiger partial charge in [-0.2, -0.15) is 0 Å². The van der Waals surface area contributed by atoms with Crippen LogP contribution in [0.4, 0.5) is 5.69 Å². The molecule has 0 spiro atoms. The van der Waals surface area contributed by atoms with E-state index in [-0.39, 0.29) is 12.0 Å². The Labute approximate surface area is 173 Å². The minimum absolute atomic E-state index is 0.127. The highest BCUT2D eigenvalue weighted by molar-refractivity contribution is 7.92. The van der Waals surface area contributed by atoms with Gasteiger partial charge in [0.2, 0.25) is 10.0 Å². The Morgan fingerprint density at radius 1 is 1.21 bits per heavy atom. The van der Waals surface area contributed by atoms with E-state index >= 15 is 0 Å². The molecule has 2 aromatic heterocycles. The summed E-state index contributed by atoms with van der Waals surface area (Å²) < 4.78 is 25.2. The predicted octanol–water partition coefficient (Wildman–Crippen LogP) is 4.53. The first-order valence-electron chi connectivity index (χ1n) is 8.74. The van der Waals surface area contributed by atoms with Gasteiger partial charge in [0.15, 0.2) is 0 Å². The first-order chi connectivity index (χ1) is 13.3. The van der Waals surface area contributed by atoms with Crippen LogP contribution >= 0.6 is 22.9 Å². The molecule has 0 atom stereocenters. The second-order valence-corrected chi connectivity index (χ2v) is 10.2. The Morgan fingerprint density at radius 3 is 2.64 bits per heavy atom. The fraction of sp³-hybridized carbons (Fsp3) is 0.250. The summed E-state index contributed by atoms with van der Waals surface area (Å²) in [5.74, 6) is 0. The second kappa shape index (κ2) is 7.15. The number of thiophene rings is 1. The molecule has 4 rings (SSSR count). The summed E-state index contributed by atoms with van der Waals surface area (Å²) in [7, 11) is -3.35. The molecule has 1 aromatic carbocycles. The molecule has 0 saturated heterocycles. The lowest BCUT2D eigenvalue weighted by Gasteiger charge is -2.11. The molecule has 0 unspecified atom stereocenters. The van der Waals surface area contributed by atoms with Gasteiger partial charge in [0.1, 0.15) is 0 Å². The molecule has 1 fully saturated rings. The number of rotatable bonds is 6. The van der Waals surface area contributed by atoms with E-state index in [9.17, 15) is 13.5 Å². The molecular formula is C20H19ClN2O3S2. The minimum atomic E-state index is -3.35. The first-order valence-corrected chi connectivity index (χ1v) is 11.9. The molecule has 1 saturated carbocycles. The fourth-order valence-electron chi connectivity index (χ4n) is 3.17. The van der Waals surface area contributed by atoms with Gasteiger partial charge in [0.05, 0.1) is 17.9 Å². The van der Waals surface area contributed by atoms with Crippen molar-refractivity contribution in [2.75, 3.05) is 17.6 Å². The summed E-state index contributed by atoms with van der Waals surface area (Å²) in [6, 6.07) is 11.2. The largest absolute Gasteiger partial charge is 0.395 e. The number of hydrogen-bond donors (Lipinski definition) is 2. The maximum atomic E-state index is 11.4. The summed E-state index contributed by atoms with van der Waals surface area (Å²) in [6.07, 6.45) is 4.83. The van der Waals surface area contributed by atoms with Crippen molar-refractivity contribution in [2.24, 2.45) is 0 Å². The predicted molar refractivity (Wildman–Crippen MR) is 114 cm³/mol. The lowest BCUT2D eigenvalue weighted by Crippen LogP contribution is -2.13. The number of benzene rings is 1. The van der Waals surface area contributed by atoms with Gasteiger partial charge in [0.25, 0.3) is 0 Å². The monoisotopic (exact) mass is 434 g/mol. The molecule has 0 radical (unpaired) electrons. The van der Waals surface area contributed by atoms with Crippen LogP contribution < -0.4 is 4.72 Å². The lowest BCUT2D eigenvalue weighted by molar-refractivity contribution is 0.252. The van der Waals surface area contributed by atoms with E-state index in [1.54, 1.807) is 29.7 Å². The zero-order chi connectivity index (χ0) is 19.9. The number of pyridine rings is 1. The van der Waals surface area contributed by atoms with Gasteiger partial charge in [-0.25, -0.2) is 8.42 Å². The van der Waals surface area contributed by atoms with Crippen LogP contribution in [0.2, 0.25) is 5.02 Å². The highest BCUT2D eigenvalue weighted by Crippen LogP contribution is 2.47. The Hall–Kier alpha value is -1.93. The molecule has 2 heterocycles. The van der Waals surface area contributed by atoms with Gasteiger partial charge in [-0.15, -0.1) is 11.3 Å². The van der Waals surface area contributed by atoms with Gasteiger partial charge in [-0.3, -0.25) is 9.71 Å². The third-order valence-electron chi connectivity index (χ3n) is 4.93. The topological polar surface area (TPSA) is 79.3 Å². The number of hydrogen-bond acceptors (Lipinski definition) is 5. The number of aliphatic hydroxyl groups excluding tert-OH is 1. The average Bonchev–Trinajstić information content (AvgIpc) is 3.30. The Morgan fingerprint density at radius 2 is 2.00 bits per heavy atom. The van der Waals surface area contributed by atoms with Crippen molar-refractivity contribution in [3.05, 3.63) is 58.7 Å². The van der Waals surface area contributed by atoms with Gasteiger partial charge in [-0.05, 0) is 65.7 Å². The van der Waals surface area contributed by atoms with Gasteiger partial charge >= 0.3 is 0 Å². The number of aliphatic hydroxyl groups is 1. The minimum Gasteiger partial charge on any atom is -0.395 e. The number of aromatic nitrogens is 1. The smallest absolute Gasteiger partial charge is 0.229 e. The SMILES string of the molecule is CS(=O)(=O)Nc1ccc(-c2cc(-c3ccnc(C4(CO)CC4)c3)cs2)c(Cl)c1. The van der Waals surface area contributed by atoms with Crippen molar-refractivity contribution in [1.29, 1.82) is 0 Å². The van der Waals surface area contributed by atoms with Crippen LogP contribution in [0.25, 0.3) is 21.6 Å². The maximum Gasteiger partial charge on any atom is 0.229 e. The second-order valence-electron chi connectivity index (χ2n) is 7.14. The van der Waals surface area contributed by atoms with E-state index in [0.717, 1.165) is 46.4 Å². The highest BCUT2D eigenvalue weighted by Gasteiger charge is 2.45. The summed E-state index contributed by atoms with van der Waals surface area (Å²) in [5.41, 5.74) is 4.17. The molecule has 8 heteroatoms. The molecule has 0 bridgehead atoms. The average molecular weight is 435 g/mol. The standard InChI is InChI=1S/C20H19ClN2O3S2/c1-28(25,26)23-15-2-3-16(17(21)10-15)18-8-14(11-27-18)13-4-7-22-19(9-13)20(12-24)5-6-20/h2-4,7-11,23-24H,5-6,12H2,1H3. The molecule has 146 valence electrons. The molecule has 0 aliphatic heterocycles. The zero-order valence-electron chi connectivity index (χ0n) is 15.1. The molecule has 1 aliphatic rings. The molecular weight excluding hydrogens is 416 g/mol. The van der Waals surface area contributed by atoms with Crippen molar-refractivity contribution >= 4 is 38.6 Å². The van der Waals surface area contributed by atoms with Gasteiger partial charge < -0.3 is 5.11 Å². The summed E-state index contributed by atoms with van der Waals surface area (Å²) >= 11 is 7.97. The molecule has 3 aromatic rings. The Balaban J connectivity index is 1.63. The van der Waals surface area contributed by atoms with Crippen molar-refractivity contribution in [3.8, 4) is 21.6 Å². The van der Waals surface area contributed by atoms with Crippen LogP contribution in [0.15, 0.2) is 48.0 Å². The quantitative estimate of drug-likeness (QED) is 0.597. The van der Waals surface area contributed by atoms with E-state index in [0.29, 0.717) is 10.7 Å². The van der Waals surface area contributed by atoms with Crippen LogP contribution in [0.1, 0.15) is 18.5 Å². The lowest BCUT2D eigenvalue weighted by atomic mass is 9.99. The Bertz CT molecular complexity index is 1140. The van der Waals surface area contributed by atoms with Crippen molar-refractivity contribution in [2.45, 2.75) is 18.3 Å². The van der Waals surface area contributed by atoms with E-state index in [2.05, 4.69) is 27.2 Å². The summed E-state index contributed by atoms with van der Waals surface area (Å²) in [5, 5.41) is 12.2. The highest BCUT2D eigenvalue weighted by atomic mass is 35.5. The van der Waals surface area contributed by atoms with Crippen molar-refractivity contribution in [3.63, 3.8) is 0 Å². The first kappa shape index (κ1) is 19.4. The normalized spacial score (nSPS) is 15.4. The van der Waals surface area contributed by atoms with Gasteiger partial charge in [-0.1, -0.05) is 11.6 Å². The molecule has 0 amide bonds. The van der Waals surface area contributed by atoms with E-state index in [1.807, 2.05) is 12.1 Å². The molecule has 28 heavy (non-hydrogen) atoms. The van der Waals surface area contributed by atoms with E-state index < -0.39 is 10.0 Å². The number of halogens is 1. The third-order valence-corrected chi connectivity index (χ3v) is 6.81. The molecule has 5 nitrogen and oxygen atoms in total. The van der Waals surface area contributed by atoms with Crippen LogP contribution in [0, 0.1) is 0 Å². The summed E-state index contributed by atoms with van der Waals surface area (Å²) in [6.45, 7) is 0.127. The van der Waals surface area contributed by atoms with Crippen LogP contribution in [-0.2, 0) is 15.4 Å². The van der Waals surface area contributed by atoms with Crippen molar-refractivity contribution < 1.29 is 13.5 Å². The summed E-state index contributed by atoms with van der Waals surface area (Å²) in [4.78, 5) is 5.45. The molecule has 2 N–H and O–H groups in total. The van der Waals surface area contributed by atoms with Crippen LogP contribution in [-0.4, -0.2) is 31.4 Å². The number of anilines is 1. The molecule has 1 aliphatic carbocycles. The van der Waals surface area contributed by atoms with E-state index in [1.165, 1.54) is 0 Å². The number of nitrogens with one attached hydrogen (secondary N) is 1. The van der Waals surface area contributed by atoms with Crippen LogP contribution in [0.5, 0.6) is 0 Å². The van der Waals surface area contributed by atoms with Crippen molar-refractivity contribution in [1.82, 2.24) is 4.98 Å². The number of sulfonamides is 1. The third kappa shape index (κ3) is 3.93. The number of nitrogens with zero attached hydrogens (tertiary/aromatic N) is 1. The van der Waals surface area contributed by atoms with Crippen LogP contribution in [0.3, 0.4) is 0 Å². The zero-order valence-corrected chi connectivity index (χ0v) is 17.5. The fourth-order valence-corrected chi connectivity index (χ4v) is 5.02. The van der Waals surface area contributed by atoms with E-state index in [4.69, 9.17) is 11.6 Å². The van der Waals surface area contributed by atoms with Gasteiger partial charge in [0, 0.05) is 33.4 Å². The maximum absolute atomic E-state index is 11.4.